The molecule has 2 aromatic carbocycles. The van der Waals surface area contributed by atoms with Crippen LogP contribution in [0.1, 0.15) is 43.2 Å². The molecule has 0 aromatic heterocycles. The number of hydrogen-bond acceptors (Lipinski definition) is 4. The number of carbonyl (C=O) groups excluding carboxylic acids is 1. The number of benzene rings is 2. The zero-order valence-corrected chi connectivity index (χ0v) is 17.2. The molecule has 0 unspecified atom stereocenters. The SMILES string of the molecule is COc1cccc(CN(C[C@H]2CC(c3cccc(F)c3)=NO2)C(=O)C2CCCC2)c1. The first-order valence-electron chi connectivity index (χ1n) is 10.5. The summed E-state index contributed by atoms with van der Waals surface area (Å²) in [7, 11) is 1.64. The number of methoxy groups -OCH3 is 1. The van der Waals surface area contributed by atoms with Crippen LogP contribution in [0.25, 0.3) is 0 Å². The van der Waals surface area contributed by atoms with E-state index in [1.807, 2.05) is 35.2 Å². The fraction of sp³-hybridized carbons (Fsp3) is 0.417. The number of rotatable bonds is 7. The van der Waals surface area contributed by atoms with Crippen LogP contribution >= 0.6 is 0 Å². The quantitative estimate of drug-likeness (QED) is 0.673. The number of amides is 1. The van der Waals surface area contributed by atoms with Crippen LogP contribution in [-0.4, -0.2) is 36.3 Å². The van der Waals surface area contributed by atoms with E-state index in [1.54, 1.807) is 13.2 Å². The number of ether oxygens (including phenoxy) is 1. The van der Waals surface area contributed by atoms with Gasteiger partial charge in [0.1, 0.15) is 11.6 Å². The first kappa shape index (κ1) is 20.4. The molecule has 158 valence electrons. The molecule has 1 aliphatic carbocycles. The molecule has 5 nitrogen and oxygen atoms in total. The Kier molecular flexibility index (Phi) is 6.31. The molecule has 1 atom stereocenters. The maximum Gasteiger partial charge on any atom is 0.226 e. The molecule has 1 aliphatic heterocycles. The molecule has 4 rings (SSSR count). The van der Waals surface area contributed by atoms with Crippen molar-refractivity contribution in [2.45, 2.75) is 44.8 Å². The Balaban J connectivity index is 1.46. The highest BCUT2D eigenvalue weighted by molar-refractivity contribution is 6.01. The highest BCUT2D eigenvalue weighted by Gasteiger charge is 2.31. The van der Waals surface area contributed by atoms with E-state index in [0.717, 1.165) is 42.6 Å². The van der Waals surface area contributed by atoms with Crippen LogP contribution < -0.4 is 4.74 Å². The van der Waals surface area contributed by atoms with Gasteiger partial charge in [-0.15, -0.1) is 0 Å². The lowest BCUT2D eigenvalue weighted by Gasteiger charge is -2.27. The molecule has 1 heterocycles. The van der Waals surface area contributed by atoms with Gasteiger partial charge in [-0.25, -0.2) is 4.39 Å². The summed E-state index contributed by atoms with van der Waals surface area (Å²) in [6.07, 6.45) is 4.43. The van der Waals surface area contributed by atoms with Crippen LogP contribution in [0.5, 0.6) is 5.75 Å². The summed E-state index contributed by atoms with van der Waals surface area (Å²) >= 11 is 0. The third-order valence-corrected chi connectivity index (χ3v) is 5.84. The Labute approximate surface area is 176 Å². The Morgan fingerprint density at radius 1 is 1.20 bits per heavy atom. The lowest BCUT2D eigenvalue weighted by Crippen LogP contribution is -2.40. The van der Waals surface area contributed by atoms with Crippen molar-refractivity contribution >= 4 is 11.6 Å². The summed E-state index contributed by atoms with van der Waals surface area (Å²) in [5.41, 5.74) is 2.46. The third kappa shape index (κ3) is 4.81. The lowest BCUT2D eigenvalue weighted by atomic mass is 10.0. The van der Waals surface area contributed by atoms with E-state index in [2.05, 4.69) is 5.16 Å². The van der Waals surface area contributed by atoms with E-state index in [-0.39, 0.29) is 23.7 Å². The van der Waals surface area contributed by atoms with Crippen LogP contribution in [-0.2, 0) is 16.2 Å². The first-order chi connectivity index (χ1) is 14.6. The van der Waals surface area contributed by atoms with Gasteiger partial charge in [-0.1, -0.05) is 42.3 Å². The maximum absolute atomic E-state index is 13.6. The molecule has 0 radical (unpaired) electrons. The van der Waals surface area contributed by atoms with Crippen molar-refractivity contribution in [2.75, 3.05) is 13.7 Å². The molecule has 1 fully saturated rings. The summed E-state index contributed by atoms with van der Waals surface area (Å²) in [5.74, 6) is 0.739. The minimum absolute atomic E-state index is 0.0839. The van der Waals surface area contributed by atoms with Crippen LogP contribution in [0.2, 0.25) is 0 Å². The number of hydrogen-bond donors (Lipinski definition) is 0. The van der Waals surface area contributed by atoms with E-state index >= 15 is 0 Å². The minimum Gasteiger partial charge on any atom is -0.497 e. The molecule has 6 heteroatoms. The molecule has 2 aliphatic rings. The van der Waals surface area contributed by atoms with Crippen LogP contribution in [0.15, 0.2) is 53.7 Å². The summed E-state index contributed by atoms with van der Waals surface area (Å²) < 4.78 is 18.9. The fourth-order valence-electron chi connectivity index (χ4n) is 4.27. The Bertz CT molecular complexity index is 924. The van der Waals surface area contributed by atoms with E-state index in [0.29, 0.717) is 25.2 Å². The Morgan fingerprint density at radius 3 is 2.77 bits per heavy atom. The van der Waals surface area contributed by atoms with E-state index in [1.165, 1.54) is 12.1 Å². The largest absolute Gasteiger partial charge is 0.497 e. The number of oxime groups is 1. The van der Waals surface area contributed by atoms with Gasteiger partial charge in [0.15, 0.2) is 6.10 Å². The summed E-state index contributed by atoms with van der Waals surface area (Å²) in [6.45, 7) is 0.955. The van der Waals surface area contributed by atoms with Gasteiger partial charge in [0.05, 0.1) is 19.4 Å². The monoisotopic (exact) mass is 410 g/mol. The molecule has 0 spiro atoms. The second-order valence-corrected chi connectivity index (χ2v) is 8.03. The van der Waals surface area contributed by atoms with Crippen LogP contribution in [0, 0.1) is 11.7 Å². The van der Waals surface area contributed by atoms with Gasteiger partial charge >= 0.3 is 0 Å². The second-order valence-electron chi connectivity index (χ2n) is 8.03. The average Bonchev–Trinajstić information content (AvgIpc) is 3.45. The van der Waals surface area contributed by atoms with Gasteiger partial charge in [-0.3, -0.25) is 4.79 Å². The van der Waals surface area contributed by atoms with Crippen LogP contribution in [0.4, 0.5) is 4.39 Å². The highest BCUT2D eigenvalue weighted by Crippen LogP contribution is 2.28. The minimum atomic E-state index is -0.297. The maximum atomic E-state index is 13.6. The van der Waals surface area contributed by atoms with Crippen LogP contribution in [0.3, 0.4) is 0 Å². The van der Waals surface area contributed by atoms with Gasteiger partial charge in [0.2, 0.25) is 5.91 Å². The number of halogens is 1. The van der Waals surface area contributed by atoms with E-state index in [9.17, 15) is 9.18 Å². The molecule has 0 bridgehead atoms. The summed E-state index contributed by atoms with van der Waals surface area (Å²) in [4.78, 5) is 20.8. The summed E-state index contributed by atoms with van der Waals surface area (Å²) in [6, 6.07) is 14.1. The van der Waals surface area contributed by atoms with Crippen molar-refractivity contribution in [1.29, 1.82) is 0 Å². The van der Waals surface area contributed by atoms with Crippen molar-refractivity contribution in [3.05, 3.63) is 65.5 Å². The Morgan fingerprint density at radius 2 is 2.00 bits per heavy atom. The molecule has 0 N–H and O–H groups in total. The smallest absolute Gasteiger partial charge is 0.226 e. The normalized spacial score (nSPS) is 18.7. The number of carbonyl (C=O) groups is 1. The van der Waals surface area contributed by atoms with E-state index < -0.39 is 0 Å². The molecule has 2 aromatic rings. The highest BCUT2D eigenvalue weighted by atomic mass is 19.1. The van der Waals surface area contributed by atoms with Gasteiger partial charge in [-0.05, 0) is 42.7 Å². The first-order valence-corrected chi connectivity index (χ1v) is 10.5. The zero-order valence-electron chi connectivity index (χ0n) is 17.2. The van der Waals surface area contributed by atoms with Crippen molar-refractivity contribution < 1.29 is 18.8 Å². The van der Waals surface area contributed by atoms with Crippen molar-refractivity contribution in [1.82, 2.24) is 4.90 Å². The van der Waals surface area contributed by atoms with Crippen molar-refractivity contribution in [3.63, 3.8) is 0 Å². The molecule has 30 heavy (non-hydrogen) atoms. The summed E-state index contributed by atoms with van der Waals surface area (Å²) in [5, 5.41) is 4.16. The average molecular weight is 410 g/mol. The Hall–Kier alpha value is -2.89. The molecule has 0 saturated heterocycles. The molecular formula is C24H27FN2O3. The van der Waals surface area contributed by atoms with Gasteiger partial charge in [-0.2, -0.15) is 0 Å². The third-order valence-electron chi connectivity index (χ3n) is 5.84. The predicted molar refractivity (Wildman–Crippen MR) is 113 cm³/mol. The van der Waals surface area contributed by atoms with Gasteiger partial charge in [0, 0.05) is 24.4 Å². The van der Waals surface area contributed by atoms with E-state index in [4.69, 9.17) is 9.57 Å². The molecule has 1 amide bonds. The molecular weight excluding hydrogens is 383 g/mol. The lowest BCUT2D eigenvalue weighted by molar-refractivity contribution is -0.137. The standard InChI is InChI=1S/C24H27FN2O3/c1-29-21-11-4-6-17(12-21)15-27(24(28)18-7-2-3-8-18)16-22-14-23(26-30-22)19-9-5-10-20(25)13-19/h4-6,9-13,18,22H,2-3,7-8,14-16H2,1H3/t22-/m1/s1. The van der Waals surface area contributed by atoms with Crippen molar-refractivity contribution in [2.24, 2.45) is 11.1 Å². The number of nitrogens with zero attached hydrogens (tertiary/aromatic N) is 2. The predicted octanol–water partition coefficient (Wildman–Crippen LogP) is 4.55. The fourth-order valence-corrected chi connectivity index (χ4v) is 4.27. The van der Waals surface area contributed by atoms with Crippen molar-refractivity contribution in [3.8, 4) is 5.75 Å². The topological polar surface area (TPSA) is 51.1 Å². The molecule has 1 saturated carbocycles. The van der Waals surface area contributed by atoms with Gasteiger partial charge < -0.3 is 14.5 Å². The zero-order chi connectivity index (χ0) is 20.9. The van der Waals surface area contributed by atoms with Gasteiger partial charge in [0.25, 0.3) is 0 Å². The second kappa shape index (κ2) is 9.28.